The Morgan fingerprint density at radius 1 is 1.33 bits per heavy atom. The summed E-state index contributed by atoms with van der Waals surface area (Å²) >= 11 is 0. The number of aromatic nitrogens is 3. The van der Waals surface area contributed by atoms with Gasteiger partial charge in [0, 0.05) is 5.69 Å². The molecule has 0 radical (unpaired) electrons. The quantitative estimate of drug-likeness (QED) is 0.629. The third-order valence-electron chi connectivity index (χ3n) is 1.55. The molecule has 2 N–H and O–H groups in total. The minimum Gasteiger partial charge on any atom is -0.399 e. The van der Waals surface area contributed by atoms with Crippen molar-refractivity contribution in [3.63, 3.8) is 0 Å². The lowest BCUT2D eigenvalue weighted by Crippen LogP contribution is -1.95. The summed E-state index contributed by atoms with van der Waals surface area (Å²) in [6.07, 6.45) is 3.12. The van der Waals surface area contributed by atoms with E-state index in [1.807, 2.05) is 24.3 Å². The van der Waals surface area contributed by atoms with Gasteiger partial charge in [-0.05, 0) is 18.2 Å². The zero-order valence-electron chi connectivity index (χ0n) is 6.38. The van der Waals surface area contributed by atoms with Crippen molar-refractivity contribution in [1.82, 2.24) is 14.8 Å². The van der Waals surface area contributed by atoms with Gasteiger partial charge in [0.05, 0.1) is 5.69 Å². The normalized spacial score (nSPS) is 10.0. The Hall–Kier alpha value is -1.84. The fraction of sp³-hybridized carbons (Fsp3) is 0. The molecule has 0 saturated carbocycles. The molecule has 0 aliphatic heterocycles. The van der Waals surface area contributed by atoms with E-state index in [2.05, 4.69) is 10.1 Å². The van der Waals surface area contributed by atoms with Crippen LogP contribution in [0.15, 0.2) is 36.9 Å². The minimum atomic E-state index is 0.725. The Morgan fingerprint density at radius 3 is 2.92 bits per heavy atom. The first-order valence-corrected chi connectivity index (χ1v) is 3.57. The first-order valence-electron chi connectivity index (χ1n) is 3.57. The van der Waals surface area contributed by atoms with Gasteiger partial charge >= 0.3 is 0 Å². The van der Waals surface area contributed by atoms with Crippen molar-refractivity contribution >= 4 is 5.69 Å². The maximum absolute atomic E-state index is 5.60. The molecule has 0 bridgehead atoms. The van der Waals surface area contributed by atoms with Gasteiger partial charge in [-0.25, -0.2) is 9.67 Å². The summed E-state index contributed by atoms with van der Waals surface area (Å²) < 4.78 is 1.66. The lowest BCUT2D eigenvalue weighted by Gasteiger charge is -1.99. The molecule has 4 nitrogen and oxygen atoms in total. The Kier molecular flexibility index (Phi) is 1.51. The van der Waals surface area contributed by atoms with Gasteiger partial charge in [-0.2, -0.15) is 5.10 Å². The molecule has 0 atom stereocenters. The molecule has 1 aromatic carbocycles. The number of nitrogens with zero attached hydrogens (tertiary/aromatic N) is 3. The van der Waals surface area contributed by atoms with Crippen LogP contribution in [0, 0.1) is 0 Å². The van der Waals surface area contributed by atoms with Crippen LogP contribution in [0.2, 0.25) is 0 Å². The molecule has 1 aromatic heterocycles. The first-order chi connectivity index (χ1) is 5.86. The van der Waals surface area contributed by atoms with Crippen molar-refractivity contribution in [2.24, 2.45) is 0 Å². The summed E-state index contributed by atoms with van der Waals surface area (Å²) in [6.45, 7) is 0. The third-order valence-corrected chi connectivity index (χ3v) is 1.55. The average Bonchev–Trinajstić information content (AvgIpc) is 2.56. The molecule has 60 valence electrons. The SMILES string of the molecule is Nc1cccc(-n2cncn2)c1. The predicted octanol–water partition coefficient (Wildman–Crippen LogP) is 0.849. The monoisotopic (exact) mass is 160 g/mol. The van der Waals surface area contributed by atoms with Crippen LogP contribution in [-0.2, 0) is 0 Å². The van der Waals surface area contributed by atoms with Gasteiger partial charge in [-0.1, -0.05) is 6.07 Å². The number of nitrogen functional groups attached to an aromatic ring is 1. The Bertz CT molecular complexity index is 366. The molecule has 2 aromatic rings. The topological polar surface area (TPSA) is 56.7 Å². The number of nitrogens with two attached hydrogens (primary N) is 1. The summed E-state index contributed by atoms with van der Waals surface area (Å²) in [5, 5.41) is 3.98. The highest BCUT2D eigenvalue weighted by molar-refractivity contribution is 5.46. The number of hydrogen-bond donors (Lipinski definition) is 1. The van der Waals surface area contributed by atoms with Gasteiger partial charge in [0.1, 0.15) is 12.7 Å². The highest BCUT2D eigenvalue weighted by Crippen LogP contribution is 2.09. The number of rotatable bonds is 1. The van der Waals surface area contributed by atoms with Crippen molar-refractivity contribution in [3.8, 4) is 5.69 Å². The van der Waals surface area contributed by atoms with Gasteiger partial charge in [0.2, 0.25) is 0 Å². The average molecular weight is 160 g/mol. The van der Waals surface area contributed by atoms with E-state index in [0.717, 1.165) is 11.4 Å². The Morgan fingerprint density at radius 2 is 2.25 bits per heavy atom. The van der Waals surface area contributed by atoms with Crippen molar-refractivity contribution in [1.29, 1.82) is 0 Å². The summed E-state index contributed by atoms with van der Waals surface area (Å²) in [5.41, 5.74) is 7.25. The lowest BCUT2D eigenvalue weighted by molar-refractivity contribution is 0.879. The molecule has 2 rings (SSSR count). The van der Waals surface area contributed by atoms with Gasteiger partial charge in [-0.15, -0.1) is 0 Å². The second kappa shape index (κ2) is 2.65. The highest BCUT2D eigenvalue weighted by atomic mass is 15.3. The molecule has 4 heteroatoms. The molecule has 1 heterocycles. The summed E-state index contributed by atoms with van der Waals surface area (Å²) in [4.78, 5) is 3.84. The van der Waals surface area contributed by atoms with E-state index in [-0.39, 0.29) is 0 Å². The number of benzene rings is 1. The molecular formula is C8H8N4. The van der Waals surface area contributed by atoms with Crippen LogP contribution in [0.5, 0.6) is 0 Å². The molecule has 12 heavy (non-hydrogen) atoms. The van der Waals surface area contributed by atoms with Crippen molar-refractivity contribution < 1.29 is 0 Å². The van der Waals surface area contributed by atoms with E-state index in [9.17, 15) is 0 Å². The fourth-order valence-corrected chi connectivity index (χ4v) is 1.01. The lowest BCUT2D eigenvalue weighted by atomic mass is 10.3. The zero-order valence-corrected chi connectivity index (χ0v) is 6.38. The zero-order chi connectivity index (χ0) is 8.39. The van der Waals surface area contributed by atoms with E-state index in [1.165, 1.54) is 6.33 Å². The smallest absolute Gasteiger partial charge is 0.138 e. The van der Waals surface area contributed by atoms with Crippen LogP contribution in [0.25, 0.3) is 5.69 Å². The summed E-state index contributed by atoms with van der Waals surface area (Å²) in [7, 11) is 0. The molecule has 0 fully saturated rings. The van der Waals surface area contributed by atoms with Crippen LogP contribution >= 0.6 is 0 Å². The minimum absolute atomic E-state index is 0.725. The predicted molar refractivity (Wildman–Crippen MR) is 45.8 cm³/mol. The second-order valence-electron chi connectivity index (χ2n) is 2.44. The third kappa shape index (κ3) is 1.14. The van der Waals surface area contributed by atoms with Crippen LogP contribution in [0.1, 0.15) is 0 Å². The molecule has 0 saturated heterocycles. The van der Waals surface area contributed by atoms with E-state index in [0.29, 0.717) is 0 Å². The standard InChI is InChI=1S/C8H8N4/c9-7-2-1-3-8(4-7)12-6-10-5-11-12/h1-6H,9H2. The molecule has 0 aliphatic rings. The molecule has 0 unspecified atom stereocenters. The van der Waals surface area contributed by atoms with E-state index >= 15 is 0 Å². The number of anilines is 1. The van der Waals surface area contributed by atoms with E-state index in [1.54, 1.807) is 11.0 Å². The Labute approximate surface area is 69.7 Å². The largest absolute Gasteiger partial charge is 0.399 e. The van der Waals surface area contributed by atoms with Crippen molar-refractivity contribution in [3.05, 3.63) is 36.9 Å². The molecular weight excluding hydrogens is 152 g/mol. The number of hydrogen-bond acceptors (Lipinski definition) is 3. The highest BCUT2D eigenvalue weighted by Gasteiger charge is 1.94. The fourth-order valence-electron chi connectivity index (χ4n) is 1.01. The summed E-state index contributed by atoms with van der Waals surface area (Å²) in [6, 6.07) is 7.48. The molecule has 0 amide bonds. The van der Waals surface area contributed by atoms with Gasteiger partial charge in [0.15, 0.2) is 0 Å². The van der Waals surface area contributed by atoms with Crippen LogP contribution in [-0.4, -0.2) is 14.8 Å². The molecule has 0 spiro atoms. The maximum atomic E-state index is 5.60. The van der Waals surface area contributed by atoms with Crippen molar-refractivity contribution in [2.45, 2.75) is 0 Å². The van der Waals surface area contributed by atoms with Gasteiger partial charge in [0.25, 0.3) is 0 Å². The van der Waals surface area contributed by atoms with Crippen LogP contribution in [0.3, 0.4) is 0 Å². The van der Waals surface area contributed by atoms with E-state index in [4.69, 9.17) is 5.73 Å². The van der Waals surface area contributed by atoms with Gasteiger partial charge < -0.3 is 5.73 Å². The van der Waals surface area contributed by atoms with Crippen LogP contribution < -0.4 is 5.73 Å². The van der Waals surface area contributed by atoms with E-state index < -0.39 is 0 Å². The van der Waals surface area contributed by atoms with Gasteiger partial charge in [-0.3, -0.25) is 0 Å². The second-order valence-corrected chi connectivity index (χ2v) is 2.44. The van der Waals surface area contributed by atoms with Crippen molar-refractivity contribution in [2.75, 3.05) is 5.73 Å². The first kappa shape index (κ1) is 6.84. The Balaban J connectivity index is 2.48. The van der Waals surface area contributed by atoms with Crippen LogP contribution in [0.4, 0.5) is 5.69 Å². The summed E-state index contributed by atoms with van der Waals surface area (Å²) in [5.74, 6) is 0. The molecule has 0 aliphatic carbocycles. The maximum Gasteiger partial charge on any atom is 0.138 e.